The molecule has 0 aromatic heterocycles. The highest BCUT2D eigenvalue weighted by Gasteiger charge is 2.41. The summed E-state index contributed by atoms with van der Waals surface area (Å²) in [6, 6.07) is 0. The smallest absolute Gasteiger partial charge is 0.211 e. The highest BCUT2D eigenvalue weighted by molar-refractivity contribution is 7.88. The third-order valence-corrected chi connectivity index (χ3v) is 4.21. The average molecular weight is 212 g/mol. The number of sulfonamides is 1. The Morgan fingerprint density at radius 2 is 2.00 bits per heavy atom. The Hall–Kier alpha value is 0.200. The lowest BCUT2D eigenvalue weighted by Crippen LogP contribution is -2.29. The van der Waals surface area contributed by atoms with Crippen molar-refractivity contribution in [3.05, 3.63) is 0 Å². The van der Waals surface area contributed by atoms with Crippen LogP contribution in [0.3, 0.4) is 0 Å². The molecule has 72 valence electrons. The molecule has 0 amide bonds. The van der Waals surface area contributed by atoms with E-state index in [0.717, 1.165) is 0 Å². The fourth-order valence-electron chi connectivity index (χ4n) is 1.30. The van der Waals surface area contributed by atoms with E-state index in [1.54, 1.807) is 0 Å². The van der Waals surface area contributed by atoms with Crippen molar-refractivity contribution in [2.75, 3.05) is 19.3 Å². The lowest BCUT2D eigenvalue weighted by molar-refractivity contribution is 0.379. The number of nitrogens with zero attached hydrogens (tertiary/aromatic N) is 1. The van der Waals surface area contributed by atoms with Gasteiger partial charge in [-0.3, -0.25) is 0 Å². The van der Waals surface area contributed by atoms with E-state index < -0.39 is 10.0 Å². The maximum atomic E-state index is 11.1. The Kier molecular flexibility index (Phi) is 2.45. The summed E-state index contributed by atoms with van der Waals surface area (Å²) in [6.45, 7) is 4.93. The fraction of sp³-hybridized carbons (Fsp3) is 1.00. The molecule has 0 aromatic carbocycles. The van der Waals surface area contributed by atoms with E-state index in [2.05, 4.69) is 0 Å². The lowest BCUT2D eigenvalue weighted by atomic mass is 9.93. The first-order chi connectivity index (χ1) is 5.23. The molecular weight excluding hydrogens is 198 g/mol. The van der Waals surface area contributed by atoms with Crippen LogP contribution in [-0.4, -0.2) is 37.4 Å². The van der Waals surface area contributed by atoms with Crippen molar-refractivity contribution < 1.29 is 8.42 Å². The monoisotopic (exact) mass is 211 g/mol. The molecule has 3 nitrogen and oxygen atoms in total. The Balaban J connectivity index is 2.81. The first-order valence-corrected chi connectivity index (χ1v) is 6.11. The maximum absolute atomic E-state index is 11.1. The summed E-state index contributed by atoms with van der Waals surface area (Å²) in [6.07, 6.45) is 1.22. The van der Waals surface area contributed by atoms with Gasteiger partial charge in [0, 0.05) is 13.1 Å². The topological polar surface area (TPSA) is 37.4 Å². The van der Waals surface area contributed by atoms with Crippen molar-refractivity contribution in [1.29, 1.82) is 0 Å². The molecule has 1 unspecified atom stereocenters. The zero-order chi connectivity index (χ0) is 9.57. The van der Waals surface area contributed by atoms with Gasteiger partial charge in [0.05, 0.1) is 11.6 Å². The predicted molar refractivity (Wildman–Crippen MR) is 49.8 cm³/mol. The van der Waals surface area contributed by atoms with Gasteiger partial charge < -0.3 is 0 Å². The van der Waals surface area contributed by atoms with E-state index in [4.69, 9.17) is 11.6 Å². The summed E-state index contributed by atoms with van der Waals surface area (Å²) in [7, 11) is -3.06. The Morgan fingerprint density at radius 1 is 1.50 bits per heavy atom. The van der Waals surface area contributed by atoms with Crippen LogP contribution < -0.4 is 0 Å². The first kappa shape index (κ1) is 10.3. The standard InChI is InChI=1S/C7H14ClNO2S/c1-7(2)5-9(4-6(7)8)12(3,10)11/h6H,4-5H2,1-3H3. The van der Waals surface area contributed by atoms with Gasteiger partial charge in [-0.05, 0) is 5.41 Å². The Bertz CT molecular complexity index is 273. The van der Waals surface area contributed by atoms with Gasteiger partial charge in [0.15, 0.2) is 0 Å². The quantitative estimate of drug-likeness (QED) is 0.605. The van der Waals surface area contributed by atoms with Crippen molar-refractivity contribution in [2.45, 2.75) is 19.2 Å². The van der Waals surface area contributed by atoms with E-state index in [-0.39, 0.29) is 10.8 Å². The largest absolute Gasteiger partial charge is 0.213 e. The molecule has 1 saturated heterocycles. The third-order valence-electron chi connectivity index (χ3n) is 2.26. The van der Waals surface area contributed by atoms with Crippen molar-refractivity contribution in [1.82, 2.24) is 4.31 Å². The van der Waals surface area contributed by atoms with E-state index in [1.165, 1.54) is 10.6 Å². The van der Waals surface area contributed by atoms with Crippen LogP contribution in [0.15, 0.2) is 0 Å². The van der Waals surface area contributed by atoms with Crippen LogP contribution >= 0.6 is 11.6 Å². The van der Waals surface area contributed by atoms with Crippen molar-refractivity contribution in [2.24, 2.45) is 5.41 Å². The van der Waals surface area contributed by atoms with Gasteiger partial charge in [-0.15, -0.1) is 11.6 Å². The van der Waals surface area contributed by atoms with E-state index in [0.29, 0.717) is 13.1 Å². The molecule has 0 bridgehead atoms. The molecule has 0 saturated carbocycles. The molecule has 0 N–H and O–H groups in total. The van der Waals surface area contributed by atoms with Crippen molar-refractivity contribution in [3.63, 3.8) is 0 Å². The maximum Gasteiger partial charge on any atom is 0.211 e. The van der Waals surface area contributed by atoms with Gasteiger partial charge in [-0.2, -0.15) is 0 Å². The minimum absolute atomic E-state index is 0.0766. The second kappa shape index (κ2) is 2.86. The molecule has 0 aromatic rings. The predicted octanol–water partition coefficient (Wildman–Crippen LogP) is 0.895. The summed E-state index contributed by atoms with van der Waals surface area (Å²) in [5.74, 6) is 0. The van der Waals surface area contributed by atoms with E-state index in [9.17, 15) is 8.42 Å². The van der Waals surface area contributed by atoms with Crippen LogP contribution in [-0.2, 0) is 10.0 Å². The van der Waals surface area contributed by atoms with Gasteiger partial charge in [0.2, 0.25) is 10.0 Å². The SMILES string of the molecule is CC1(C)CN(S(C)(=O)=O)CC1Cl. The molecular formula is C7H14ClNO2S. The molecule has 1 heterocycles. The summed E-state index contributed by atoms with van der Waals surface area (Å²) in [5.41, 5.74) is -0.107. The molecule has 0 spiro atoms. The summed E-state index contributed by atoms with van der Waals surface area (Å²) >= 11 is 6.00. The van der Waals surface area contributed by atoms with Gasteiger partial charge >= 0.3 is 0 Å². The number of hydrogen-bond donors (Lipinski definition) is 0. The van der Waals surface area contributed by atoms with E-state index in [1.807, 2.05) is 13.8 Å². The van der Waals surface area contributed by atoms with Crippen molar-refractivity contribution >= 4 is 21.6 Å². The minimum atomic E-state index is -3.06. The normalized spacial score (nSPS) is 30.8. The van der Waals surface area contributed by atoms with Gasteiger partial charge in [0.1, 0.15) is 0 Å². The van der Waals surface area contributed by atoms with Crippen LogP contribution in [0.1, 0.15) is 13.8 Å². The number of rotatable bonds is 1. The summed E-state index contributed by atoms with van der Waals surface area (Å²) in [5, 5.41) is -0.0766. The number of alkyl halides is 1. The van der Waals surface area contributed by atoms with Gasteiger partial charge in [-0.1, -0.05) is 13.8 Å². The molecule has 0 radical (unpaired) electrons. The average Bonchev–Trinajstić information content (AvgIpc) is 2.06. The van der Waals surface area contributed by atoms with Gasteiger partial charge in [0.25, 0.3) is 0 Å². The molecule has 5 heteroatoms. The molecule has 0 aliphatic carbocycles. The van der Waals surface area contributed by atoms with Crippen LogP contribution in [0.2, 0.25) is 0 Å². The van der Waals surface area contributed by atoms with Crippen LogP contribution in [0.5, 0.6) is 0 Å². The summed E-state index contributed by atoms with van der Waals surface area (Å²) in [4.78, 5) is 0. The lowest BCUT2D eigenvalue weighted by Gasteiger charge is -2.19. The van der Waals surface area contributed by atoms with Crippen LogP contribution in [0.25, 0.3) is 0 Å². The van der Waals surface area contributed by atoms with Crippen molar-refractivity contribution in [3.8, 4) is 0 Å². The second-order valence-corrected chi connectivity index (χ2v) is 6.52. The summed E-state index contributed by atoms with van der Waals surface area (Å²) < 4.78 is 23.7. The minimum Gasteiger partial charge on any atom is -0.213 e. The second-order valence-electron chi connectivity index (χ2n) is 4.01. The highest BCUT2D eigenvalue weighted by atomic mass is 35.5. The third kappa shape index (κ3) is 1.92. The van der Waals surface area contributed by atoms with Gasteiger partial charge in [-0.25, -0.2) is 12.7 Å². The highest BCUT2D eigenvalue weighted by Crippen LogP contribution is 2.34. The molecule has 1 atom stereocenters. The van der Waals surface area contributed by atoms with Crippen LogP contribution in [0, 0.1) is 5.41 Å². The number of hydrogen-bond acceptors (Lipinski definition) is 2. The Morgan fingerprint density at radius 3 is 2.17 bits per heavy atom. The first-order valence-electron chi connectivity index (χ1n) is 3.83. The molecule has 1 aliphatic heterocycles. The molecule has 1 fully saturated rings. The molecule has 12 heavy (non-hydrogen) atoms. The van der Waals surface area contributed by atoms with E-state index >= 15 is 0 Å². The fourth-order valence-corrected chi connectivity index (χ4v) is 2.60. The van der Waals surface area contributed by atoms with Crippen LogP contribution in [0.4, 0.5) is 0 Å². The Labute approximate surface area is 78.7 Å². The molecule has 1 rings (SSSR count). The zero-order valence-corrected chi connectivity index (χ0v) is 9.11. The number of halogens is 1. The molecule has 1 aliphatic rings. The zero-order valence-electron chi connectivity index (χ0n) is 7.54.